The van der Waals surface area contributed by atoms with Gasteiger partial charge < -0.3 is 10.6 Å². The molecule has 146 valence electrons. The van der Waals surface area contributed by atoms with Crippen LogP contribution in [0.5, 0.6) is 0 Å². The SMILES string of the molecule is CNC(=O)c1ccc(Cl)c(NCc2nnnn2-c2ccc(S(C)(=O)=O)cc2)c1. The number of hydrogen-bond acceptors (Lipinski definition) is 7. The summed E-state index contributed by atoms with van der Waals surface area (Å²) >= 11 is 6.19. The fourth-order valence-corrected chi connectivity index (χ4v) is 3.29. The molecule has 0 radical (unpaired) electrons. The van der Waals surface area contributed by atoms with E-state index in [1.807, 2.05) is 0 Å². The molecule has 3 aromatic rings. The largest absolute Gasteiger partial charge is 0.376 e. The molecule has 28 heavy (non-hydrogen) atoms. The zero-order chi connectivity index (χ0) is 20.3. The Kier molecular flexibility index (Phi) is 5.61. The Bertz CT molecular complexity index is 1110. The Hall–Kier alpha value is -2.98. The standard InChI is InChI=1S/C17H17ClN6O3S/c1-19-17(25)11-3-8-14(18)15(9-11)20-10-16-21-22-23-24(16)12-4-6-13(7-5-12)28(2,26)27/h3-9,20H,10H2,1-2H3,(H,19,25). The maximum Gasteiger partial charge on any atom is 0.251 e. The highest BCUT2D eigenvalue weighted by Crippen LogP contribution is 2.24. The van der Waals surface area contributed by atoms with Crippen LogP contribution in [-0.2, 0) is 16.4 Å². The number of anilines is 1. The molecule has 0 aliphatic carbocycles. The van der Waals surface area contributed by atoms with Gasteiger partial charge in [0.2, 0.25) is 0 Å². The number of benzene rings is 2. The first-order valence-corrected chi connectivity index (χ1v) is 10.4. The number of carbonyl (C=O) groups excluding carboxylic acids is 1. The normalized spacial score (nSPS) is 11.2. The topological polar surface area (TPSA) is 119 Å². The summed E-state index contributed by atoms with van der Waals surface area (Å²) in [6.07, 6.45) is 1.14. The summed E-state index contributed by atoms with van der Waals surface area (Å²) in [5.41, 5.74) is 1.63. The lowest BCUT2D eigenvalue weighted by Crippen LogP contribution is -2.18. The van der Waals surface area contributed by atoms with Crippen LogP contribution in [0.3, 0.4) is 0 Å². The zero-order valence-corrected chi connectivity index (χ0v) is 16.6. The molecule has 0 saturated heterocycles. The van der Waals surface area contributed by atoms with Gasteiger partial charge >= 0.3 is 0 Å². The summed E-state index contributed by atoms with van der Waals surface area (Å²) in [4.78, 5) is 12.0. The first-order valence-electron chi connectivity index (χ1n) is 8.13. The minimum Gasteiger partial charge on any atom is -0.376 e. The van der Waals surface area contributed by atoms with E-state index in [0.29, 0.717) is 27.8 Å². The summed E-state index contributed by atoms with van der Waals surface area (Å²) in [5, 5.41) is 17.7. The number of amides is 1. The van der Waals surface area contributed by atoms with Gasteiger partial charge in [0.15, 0.2) is 15.7 Å². The summed E-state index contributed by atoms with van der Waals surface area (Å²) in [7, 11) is -1.73. The zero-order valence-electron chi connectivity index (χ0n) is 15.0. The van der Waals surface area contributed by atoms with Crippen LogP contribution in [0.4, 0.5) is 5.69 Å². The number of tetrazole rings is 1. The fourth-order valence-electron chi connectivity index (χ4n) is 2.47. The van der Waals surface area contributed by atoms with Crippen LogP contribution in [0.1, 0.15) is 16.2 Å². The molecule has 1 amide bonds. The van der Waals surface area contributed by atoms with Gasteiger partial charge in [-0.05, 0) is 52.9 Å². The van der Waals surface area contributed by atoms with E-state index in [9.17, 15) is 13.2 Å². The van der Waals surface area contributed by atoms with E-state index < -0.39 is 9.84 Å². The smallest absolute Gasteiger partial charge is 0.251 e. The second-order valence-corrected chi connectivity index (χ2v) is 8.32. The van der Waals surface area contributed by atoms with Crippen molar-refractivity contribution in [1.82, 2.24) is 25.5 Å². The molecule has 2 aromatic carbocycles. The third-order valence-electron chi connectivity index (χ3n) is 3.94. The number of nitrogens with one attached hydrogen (secondary N) is 2. The monoisotopic (exact) mass is 420 g/mol. The average Bonchev–Trinajstić information content (AvgIpc) is 3.14. The molecule has 0 bridgehead atoms. The Labute approximate surface area is 166 Å². The first kappa shape index (κ1) is 19.8. The molecule has 9 nitrogen and oxygen atoms in total. The highest BCUT2D eigenvalue weighted by Gasteiger charge is 2.12. The predicted octanol–water partition coefficient (Wildman–Crippen LogP) is 1.69. The minimum atomic E-state index is -3.28. The van der Waals surface area contributed by atoms with Crippen molar-refractivity contribution in [3.63, 3.8) is 0 Å². The quantitative estimate of drug-likeness (QED) is 0.622. The van der Waals surface area contributed by atoms with Crippen LogP contribution in [0.25, 0.3) is 5.69 Å². The second kappa shape index (κ2) is 7.95. The third kappa shape index (κ3) is 4.29. The van der Waals surface area contributed by atoms with Crippen LogP contribution in [-0.4, -0.2) is 47.8 Å². The molecule has 0 fully saturated rings. The number of aromatic nitrogens is 4. The predicted molar refractivity (Wildman–Crippen MR) is 104 cm³/mol. The van der Waals surface area contributed by atoms with Gasteiger partial charge in [0, 0.05) is 18.9 Å². The van der Waals surface area contributed by atoms with E-state index in [-0.39, 0.29) is 17.3 Å². The first-order chi connectivity index (χ1) is 13.3. The maximum atomic E-state index is 11.8. The van der Waals surface area contributed by atoms with Crippen molar-refractivity contribution in [2.75, 3.05) is 18.6 Å². The van der Waals surface area contributed by atoms with E-state index in [2.05, 4.69) is 26.2 Å². The molecule has 1 heterocycles. The van der Waals surface area contributed by atoms with E-state index >= 15 is 0 Å². The van der Waals surface area contributed by atoms with Gasteiger partial charge in [-0.15, -0.1) is 5.10 Å². The van der Waals surface area contributed by atoms with E-state index in [0.717, 1.165) is 6.26 Å². The highest BCUT2D eigenvalue weighted by molar-refractivity contribution is 7.90. The Morgan fingerprint density at radius 2 is 1.89 bits per heavy atom. The molecule has 0 aliphatic heterocycles. The van der Waals surface area contributed by atoms with Gasteiger partial charge in [0.25, 0.3) is 5.91 Å². The lowest BCUT2D eigenvalue weighted by atomic mass is 10.2. The average molecular weight is 421 g/mol. The molecule has 0 saturated carbocycles. The van der Waals surface area contributed by atoms with Crippen LogP contribution in [0, 0.1) is 0 Å². The van der Waals surface area contributed by atoms with Gasteiger partial charge in [-0.3, -0.25) is 4.79 Å². The molecular formula is C17H17ClN6O3S. The molecular weight excluding hydrogens is 404 g/mol. The number of sulfone groups is 1. The number of carbonyl (C=O) groups is 1. The lowest BCUT2D eigenvalue weighted by Gasteiger charge is -2.10. The van der Waals surface area contributed by atoms with E-state index in [1.165, 1.54) is 16.8 Å². The summed E-state index contributed by atoms with van der Waals surface area (Å²) in [6, 6.07) is 11.1. The van der Waals surface area contributed by atoms with E-state index in [1.54, 1.807) is 37.4 Å². The van der Waals surface area contributed by atoms with Crippen molar-refractivity contribution >= 4 is 33.0 Å². The maximum absolute atomic E-state index is 11.8. The molecule has 0 spiro atoms. The van der Waals surface area contributed by atoms with Crippen molar-refractivity contribution in [3.05, 3.63) is 58.9 Å². The Morgan fingerprint density at radius 3 is 2.54 bits per heavy atom. The third-order valence-corrected chi connectivity index (χ3v) is 5.39. The number of nitrogens with zero attached hydrogens (tertiary/aromatic N) is 4. The number of rotatable bonds is 6. The molecule has 2 N–H and O–H groups in total. The van der Waals surface area contributed by atoms with Gasteiger partial charge in [-0.2, -0.15) is 4.68 Å². The second-order valence-electron chi connectivity index (χ2n) is 5.90. The Balaban J connectivity index is 1.81. The van der Waals surface area contributed by atoms with Crippen molar-refractivity contribution in [2.45, 2.75) is 11.4 Å². The summed E-state index contributed by atoms with van der Waals surface area (Å²) < 4.78 is 24.7. The van der Waals surface area contributed by atoms with Crippen molar-refractivity contribution in [1.29, 1.82) is 0 Å². The van der Waals surface area contributed by atoms with Gasteiger partial charge in [-0.25, -0.2) is 8.42 Å². The molecule has 0 atom stereocenters. The van der Waals surface area contributed by atoms with Crippen molar-refractivity contribution in [2.24, 2.45) is 0 Å². The summed E-state index contributed by atoms with van der Waals surface area (Å²) in [5.74, 6) is 0.254. The minimum absolute atomic E-state index is 0.210. The van der Waals surface area contributed by atoms with Crippen LogP contribution in [0.2, 0.25) is 5.02 Å². The summed E-state index contributed by atoms with van der Waals surface area (Å²) in [6.45, 7) is 0.234. The van der Waals surface area contributed by atoms with Gasteiger partial charge in [0.05, 0.1) is 27.8 Å². The molecule has 1 aromatic heterocycles. The fraction of sp³-hybridized carbons (Fsp3) is 0.176. The van der Waals surface area contributed by atoms with Crippen molar-refractivity contribution < 1.29 is 13.2 Å². The van der Waals surface area contributed by atoms with Crippen LogP contribution >= 0.6 is 11.6 Å². The Morgan fingerprint density at radius 1 is 1.18 bits per heavy atom. The number of halogens is 1. The number of hydrogen-bond donors (Lipinski definition) is 2. The molecule has 11 heteroatoms. The molecule has 0 aliphatic rings. The highest BCUT2D eigenvalue weighted by atomic mass is 35.5. The van der Waals surface area contributed by atoms with Crippen LogP contribution < -0.4 is 10.6 Å². The van der Waals surface area contributed by atoms with Crippen molar-refractivity contribution in [3.8, 4) is 5.69 Å². The lowest BCUT2D eigenvalue weighted by molar-refractivity contribution is 0.0963. The molecule has 3 rings (SSSR count). The van der Waals surface area contributed by atoms with Crippen LogP contribution in [0.15, 0.2) is 47.4 Å². The molecule has 0 unspecified atom stereocenters. The van der Waals surface area contributed by atoms with Gasteiger partial charge in [0.1, 0.15) is 0 Å². The van der Waals surface area contributed by atoms with E-state index in [4.69, 9.17) is 11.6 Å². The van der Waals surface area contributed by atoms with Gasteiger partial charge in [-0.1, -0.05) is 11.6 Å².